The molecule has 0 aliphatic rings. The Hall–Kier alpha value is -1.71. The zero-order valence-electron chi connectivity index (χ0n) is 10.0. The van der Waals surface area contributed by atoms with Crippen LogP contribution in [0.5, 0.6) is 5.75 Å². The Labute approximate surface area is 119 Å². The summed E-state index contributed by atoms with van der Waals surface area (Å²) >= 11 is 6.98. The van der Waals surface area contributed by atoms with Crippen molar-refractivity contribution in [3.63, 3.8) is 0 Å². The molecule has 1 aromatic heterocycles. The molecule has 0 saturated heterocycles. The van der Waals surface area contributed by atoms with Crippen molar-refractivity contribution in [2.45, 2.75) is 24.0 Å². The molecule has 98 valence electrons. The molecule has 0 fully saturated rings. The zero-order valence-corrected chi connectivity index (χ0v) is 11.6. The number of nitriles is 1. The second kappa shape index (κ2) is 6.45. The molecule has 0 N–H and O–H groups in total. The van der Waals surface area contributed by atoms with Crippen molar-refractivity contribution in [3.05, 3.63) is 35.2 Å². The van der Waals surface area contributed by atoms with Gasteiger partial charge in [-0.15, -0.1) is 10.2 Å². The summed E-state index contributed by atoms with van der Waals surface area (Å²) in [6, 6.07) is 9.06. The minimum absolute atomic E-state index is 0.177. The lowest BCUT2D eigenvalue weighted by Gasteiger charge is -2.02. The van der Waals surface area contributed by atoms with Crippen molar-refractivity contribution in [2.75, 3.05) is 0 Å². The highest BCUT2D eigenvalue weighted by molar-refractivity contribution is 7.99. The van der Waals surface area contributed by atoms with E-state index in [-0.39, 0.29) is 11.9 Å². The molecule has 5 nitrogen and oxygen atoms in total. The lowest BCUT2D eigenvalue weighted by Crippen LogP contribution is -1.95. The lowest BCUT2D eigenvalue weighted by molar-refractivity contribution is 0.252. The van der Waals surface area contributed by atoms with E-state index >= 15 is 0 Å². The molecule has 0 aliphatic carbocycles. The van der Waals surface area contributed by atoms with E-state index in [0.29, 0.717) is 21.9 Å². The normalized spacial score (nSPS) is 11.8. The molecule has 1 aromatic carbocycles. The minimum atomic E-state index is -0.231. The van der Waals surface area contributed by atoms with Crippen LogP contribution in [-0.4, -0.2) is 15.4 Å². The van der Waals surface area contributed by atoms with Crippen LogP contribution >= 0.6 is 23.4 Å². The standard InChI is InChI=1S/C12H10ClN3O2S/c1-8(6-14)19-12-16-15-11(18-12)7-17-10-4-2-9(13)3-5-10/h2-5,8H,7H2,1H3/t8-/m1/s1. The van der Waals surface area contributed by atoms with Crippen molar-refractivity contribution in [1.29, 1.82) is 5.26 Å². The van der Waals surface area contributed by atoms with E-state index in [9.17, 15) is 0 Å². The Balaban J connectivity index is 1.90. The van der Waals surface area contributed by atoms with Gasteiger partial charge in [0.15, 0.2) is 6.61 Å². The molecule has 0 bridgehead atoms. The lowest BCUT2D eigenvalue weighted by atomic mass is 10.3. The number of aromatic nitrogens is 2. The highest BCUT2D eigenvalue weighted by atomic mass is 35.5. The second-order valence-electron chi connectivity index (χ2n) is 3.59. The van der Waals surface area contributed by atoms with Gasteiger partial charge in [0.05, 0.1) is 11.3 Å². The number of nitrogens with zero attached hydrogens (tertiary/aromatic N) is 3. The van der Waals surface area contributed by atoms with Crippen LogP contribution in [0.15, 0.2) is 33.9 Å². The molecule has 0 radical (unpaired) electrons. The summed E-state index contributed by atoms with van der Waals surface area (Å²) in [4.78, 5) is 0. The topological polar surface area (TPSA) is 71.9 Å². The van der Waals surface area contributed by atoms with Crippen molar-refractivity contribution >= 4 is 23.4 Å². The molecule has 2 aromatic rings. The van der Waals surface area contributed by atoms with Gasteiger partial charge in [0.1, 0.15) is 5.75 Å². The Morgan fingerprint density at radius 2 is 2.16 bits per heavy atom. The van der Waals surface area contributed by atoms with E-state index in [1.807, 2.05) is 0 Å². The highest BCUT2D eigenvalue weighted by Gasteiger charge is 2.11. The average Bonchev–Trinajstić information content (AvgIpc) is 2.85. The van der Waals surface area contributed by atoms with E-state index in [0.717, 1.165) is 0 Å². The molecular weight excluding hydrogens is 286 g/mol. The van der Waals surface area contributed by atoms with Crippen molar-refractivity contribution in [2.24, 2.45) is 0 Å². The molecule has 0 spiro atoms. The number of ether oxygens (including phenoxy) is 1. The van der Waals surface area contributed by atoms with Crippen LogP contribution in [0.4, 0.5) is 0 Å². The largest absolute Gasteiger partial charge is 0.484 e. The van der Waals surface area contributed by atoms with E-state index < -0.39 is 0 Å². The van der Waals surface area contributed by atoms with E-state index in [4.69, 9.17) is 26.0 Å². The Morgan fingerprint density at radius 3 is 2.84 bits per heavy atom. The van der Waals surface area contributed by atoms with Crippen LogP contribution in [0, 0.1) is 11.3 Å². The van der Waals surface area contributed by atoms with E-state index in [1.54, 1.807) is 31.2 Å². The van der Waals surface area contributed by atoms with E-state index in [2.05, 4.69) is 16.3 Å². The maximum atomic E-state index is 8.68. The third-order valence-corrected chi connectivity index (χ3v) is 3.16. The van der Waals surface area contributed by atoms with Crippen LogP contribution in [0.2, 0.25) is 5.02 Å². The Morgan fingerprint density at radius 1 is 1.42 bits per heavy atom. The molecule has 0 unspecified atom stereocenters. The fourth-order valence-corrected chi connectivity index (χ4v) is 1.91. The molecule has 7 heteroatoms. The molecule has 0 amide bonds. The van der Waals surface area contributed by atoms with Gasteiger partial charge >= 0.3 is 0 Å². The zero-order chi connectivity index (χ0) is 13.7. The summed E-state index contributed by atoms with van der Waals surface area (Å²) in [7, 11) is 0. The van der Waals surface area contributed by atoms with Crippen molar-refractivity contribution in [3.8, 4) is 11.8 Å². The fraction of sp³-hybridized carbons (Fsp3) is 0.250. The first-order chi connectivity index (χ1) is 9.17. The molecule has 1 heterocycles. The van der Waals surface area contributed by atoms with Gasteiger partial charge in [0.25, 0.3) is 11.1 Å². The predicted octanol–water partition coefficient (Wildman–Crippen LogP) is 3.31. The fourth-order valence-electron chi connectivity index (χ4n) is 1.20. The molecule has 2 rings (SSSR count). The van der Waals surface area contributed by atoms with Crippen LogP contribution in [0.25, 0.3) is 0 Å². The van der Waals surface area contributed by atoms with Crippen LogP contribution in [0.1, 0.15) is 12.8 Å². The summed E-state index contributed by atoms with van der Waals surface area (Å²) in [5, 5.41) is 17.1. The number of hydrogen-bond donors (Lipinski definition) is 0. The summed E-state index contributed by atoms with van der Waals surface area (Å²) < 4.78 is 10.8. The third-order valence-electron chi connectivity index (χ3n) is 2.08. The molecule has 0 saturated carbocycles. The summed E-state index contributed by atoms with van der Waals surface area (Å²) in [5.41, 5.74) is 0. The van der Waals surface area contributed by atoms with Gasteiger partial charge in [0, 0.05) is 5.02 Å². The quantitative estimate of drug-likeness (QED) is 0.788. The predicted molar refractivity (Wildman–Crippen MR) is 71.0 cm³/mol. The van der Waals surface area contributed by atoms with Crippen LogP contribution < -0.4 is 4.74 Å². The minimum Gasteiger partial charge on any atom is -0.484 e. The van der Waals surface area contributed by atoms with Gasteiger partial charge in [0.2, 0.25) is 0 Å². The molecule has 19 heavy (non-hydrogen) atoms. The van der Waals surface area contributed by atoms with Gasteiger partial charge in [-0.1, -0.05) is 11.6 Å². The van der Waals surface area contributed by atoms with E-state index in [1.165, 1.54) is 11.8 Å². The smallest absolute Gasteiger partial charge is 0.277 e. The summed E-state index contributed by atoms with van der Waals surface area (Å²) in [6.07, 6.45) is 0. The number of rotatable bonds is 5. The number of hydrogen-bond acceptors (Lipinski definition) is 6. The van der Waals surface area contributed by atoms with Gasteiger partial charge in [-0.2, -0.15) is 5.26 Å². The number of thioether (sulfide) groups is 1. The first-order valence-electron chi connectivity index (χ1n) is 5.44. The highest BCUT2D eigenvalue weighted by Crippen LogP contribution is 2.22. The van der Waals surface area contributed by atoms with Gasteiger partial charge < -0.3 is 9.15 Å². The van der Waals surface area contributed by atoms with Gasteiger partial charge in [-0.05, 0) is 43.0 Å². The second-order valence-corrected chi connectivity index (χ2v) is 5.32. The average molecular weight is 296 g/mol. The van der Waals surface area contributed by atoms with Crippen LogP contribution in [-0.2, 0) is 6.61 Å². The number of benzene rings is 1. The SMILES string of the molecule is C[C@H](C#N)Sc1nnc(COc2ccc(Cl)cc2)o1. The van der Waals surface area contributed by atoms with Gasteiger partial charge in [-0.25, -0.2) is 0 Å². The summed E-state index contributed by atoms with van der Waals surface area (Å²) in [5.74, 6) is 1.03. The summed E-state index contributed by atoms with van der Waals surface area (Å²) in [6.45, 7) is 1.94. The maximum Gasteiger partial charge on any atom is 0.277 e. The van der Waals surface area contributed by atoms with Gasteiger partial charge in [-0.3, -0.25) is 0 Å². The monoisotopic (exact) mass is 295 g/mol. The Bertz CT molecular complexity index is 579. The third kappa shape index (κ3) is 4.16. The Kier molecular flexibility index (Phi) is 4.66. The van der Waals surface area contributed by atoms with Crippen molar-refractivity contribution < 1.29 is 9.15 Å². The van der Waals surface area contributed by atoms with Crippen LogP contribution in [0.3, 0.4) is 0 Å². The molecule has 1 atom stereocenters. The van der Waals surface area contributed by atoms with Crippen molar-refractivity contribution in [1.82, 2.24) is 10.2 Å². The molecule has 0 aliphatic heterocycles. The number of halogens is 1. The first-order valence-corrected chi connectivity index (χ1v) is 6.70. The molecular formula is C12H10ClN3O2S. The maximum absolute atomic E-state index is 8.68. The first kappa shape index (κ1) is 13.7.